The predicted octanol–water partition coefficient (Wildman–Crippen LogP) is 1.77. The number of nitrogens with zero attached hydrogens (tertiary/aromatic N) is 6. The van der Waals surface area contributed by atoms with Gasteiger partial charge in [0, 0.05) is 36.4 Å². The molecule has 0 spiro atoms. The Morgan fingerprint density at radius 1 is 1.22 bits per heavy atom. The summed E-state index contributed by atoms with van der Waals surface area (Å²) in [5.74, 6) is 1.28. The number of thiazole rings is 1. The van der Waals surface area contributed by atoms with Crippen LogP contribution >= 0.6 is 11.3 Å². The van der Waals surface area contributed by atoms with Crippen molar-refractivity contribution in [2.75, 3.05) is 11.9 Å². The molecule has 3 aromatic heterocycles. The molecule has 1 N–H and O–H groups in total. The molecule has 4 rings (SSSR count). The van der Waals surface area contributed by atoms with E-state index in [1.54, 1.807) is 36.1 Å². The predicted molar refractivity (Wildman–Crippen MR) is 101 cm³/mol. The summed E-state index contributed by atoms with van der Waals surface area (Å²) >= 11 is 1.54. The molecule has 0 fully saturated rings. The molecule has 1 aliphatic heterocycles. The number of fused-ring (bicyclic) bond motifs is 1. The lowest BCUT2D eigenvalue weighted by Crippen LogP contribution is -2.37. The van der Waals surface area contributed by atoms with Gasteiger partial charge in [0.05, 0.1) is 18.6 Å². The van der Waals surface area contributed by atoms with Gasteiger partial charge in [-0.05, 0) is 20.3 Å². The number of hydrogen-bond acceptors (Lipinski definition) is 8. The molecule has 27 heavy (non-hydrogen) atoms. The maximum atomic E-state index is 12.9. The molecule has 0 radical (unpaired) electrons. The summed E-state index contributed by atoms with van der Waals surface area (Å²) in [6.45, 7) is 4.34. The van der Waals surface area contributed by atoms with Gasteiger partial charge < -0.3 is 9.88 Å². The molecule has 1 aliphatic rings. The second-order valence-corrected chi connectivity index (χ2v) is 9.53. The van der Waals surface area contributed by atoms with Crippen LogP contribution in [-0.4, -0.2) is 43.8 Å². The summed E-state index contributed by atoms with van der Waals surface area (Å²) < 4.78 is 28.8. The van der Waals surface area contributed by atoms with Crippen LogP contribution in [0, 0.1) is 13.8 Å². The maximum absolute atomic E-state index is 12.9. The molecular weight excluding hydrogens is 386 g/mol. The summed E-state index contributed by atoms with van der Waals surface area (Å²) in [6, 6.07) is 0. The lowest BCUT2D eigenvalue weighted by Gasteiger charge is -2.27. The van der Waals surface area contributed by atoms with Gasteiger partial charge in [-0.1, -0.05) is 0 Å². The van der Waals surface area contributed by atoms with Crippen molar-refractivity contribution in [3.05, 3.63) is 40.7 Å². The van der Waals surface area contributed by atoms with E-state index in [2.05, 4.69) is 25.3 Å². The summed E-state index contributed by atoms with van der Waals surface area (Å²) in [4.78, 5) is 18.4. The zero-order chi connectivity index (χ0) is 19.2. The Bertz CT molecular complexity index is 1100. The number of imidazole rings is 1. The van der Waals surface area contributed by atoms with Crippen molar-refractivity contribution in [1.29, 1.82) is 0 Å². The van der Waals surface area contributed by atoms with Gasteiger partial charge in [-0.3, -0.25) is 0 Å². The topological polar surface area (TPSA) is 106 Å². The highest BCUT2D eigenvalue weighted by atomic mass is 32.2. The van der Waals surface area contributed by atoms with Crippen molar-refractivity contribution in [2.45, 2.75) is 31.8 Å². The van der Waals surface area contributed by atoms with E-state index >= 15 is 0 Å². The lowest BCUT2D eigenvalue weighted by atomic mass is 10.1. The molecule has 0 saturated carbocycles. The molecule has 11 heteroatoms. The van der Waals surface area contributed by atoms with Crippen molar-refractivity contribution in [2.24, 2.45) is 7.05 Å². The Morgan fingerprint density at radius 3 is 2.70 bits per heavy atom. The van der Waals surface area contributed by atoms with Gasteiger partial charge in [0.25, 0.3) is 10.0 Å². The second-order valence-electron chi connectivity index (χ2n) is 6.41. The average Bonchev–Trinajstić information content (AvgIpc) is 3.23. The Labute approximate surface area is 161 Å². The highest BCUT2D eigenvalue weighted by Crippen LogP contribution is 2.30. The van der Waals surface area contributed by atoms with Crippen molar-refractivity contribution < 1.29 is 8.42 Å². The van der Waals surface area contributed by atoms with E-state index in [-0.39, 0.29) is 11.6 Å². The molecule has 0 aliphatic carbocycles. The van der Waals surface area contributed by atoms with Gasteiger partial charge in [-0.2, -0.15) is 4.31 Å². The first kappa shape index (κ1) is 18.0. The summed E-state index contributed by atoms with van der Waals surface area (Å²) in [7, 11) is -1.91. The molecule has 9 nitrogen and oxygen atoms in total. The quantitative estimate of drug-likeness (QED) is 0.705. The smallest absolute Gasteiger partial charge is 0.262 e. The first-order valence-electron chi connectivity index (χ1n) is 8.37. The molecule has 0 saturated heterocycles. The largest absolute Gasteiger partial charge is 0.339 e. The zero-order valence-electron chi connectivity index (χ0n) is 15.2. The Kier molecular flexibility index (Phi) is 4.44. The third-order valence-electron chi connectivity index (χ3n) is 4.27. The van der Waals surface area contributed by atoms with E-state index in [9.17, 15) is 8.42 Å². The molecule has 0 unspecified atom stereocenters. The molecule has 4 heterocycles. The van der Waals surface area contributed by atoms with Crippen molar-refractivity contribution >= 4 is 32.3 Å². The minimum atomic E-state index is -3.65. The zero-order valence-corrected chi connectivity index (χ0v) is 16.8. The van der Waals surface area contributed by atoms with Crippen molar-refractivity contribution in [1.82, 2.24) is 28.8 Å². The molecule has 0 bridgehead atoms. The first-order valence-corrected chi connectivity index (χ1v) is 10.6. The second kappa shape index (κ2) is 6.66. The van der Waals surface area contributed by atoms with Crippen LogP contribution in [0.25, 0.3) is 0 Å². The number of nitrogens with one attached hydrogen (secondary N) is 1. The third kappa shape index (κ3) is 3.45. The van der Waals surface area contributed by atoms with Crippen LogP contribution in [0.1, 0.15) is 22.0 Å². The number of rotatable bonds is 4. The van der Waals surface area contributed by atoms with Crippen LogP contribution in [0.4, 0.5) is 10.9 Å². The number of anilines is 2. The monoisotopic (exact) mass is 405 g/mol. The van der Waals surface area contributed by atoms with E-state index in [0.717, 1.165) is 15.6 Å². The van der Waals surface area contributed by atoms with Crippen LogP contribution < -0.4 is 5.32 Å². The molecule has 0 aromatic carbocycles. The Hall–Kier alpha value is -2.37. The molecular formula is C16H19N7O2S2. The van der Waals surface area contributed by atoms with Crippen LogP contribution in [0.15, 0.2) is 23.7 Å². The number of aryl methyl sites for hydroxylation is 3. The fourth-order valence-electron chi connectivity index (χ4n) is 3.01. The van der Waals surface area contributed by atoms with Gasteiger partial charge in [-0.25, -0.2) is 28.4 Å². The first-order chi connectivity index (χ1) is 12.8. The van der Waals surface area contributed by atoms with Gasteiger partial charge in [0.15, 0.2) is 10.2 Å². The van der Waals surface area contributed by atoms with Crippen molar-refractivity contribution in [3.63, 3.8) is 0 Å². The van der Waals surface area contributed by atoms with Crippen LogP contribution in [-0.2, 0) is 30.0 Å². The molecule has 0 amide bonds. The minimum Gasteiger partial charge on any atom is -0.339 e. The van der Waals surface area contributed by atoms with Gasteiger partial charge in [0.2, 0.25) is 0 Å². The summed E-state index contributed by atoms with van der Waals surface area (Å²) in [6.07, 6.45) is 5.31. The minimum absolute atomic E-state index is 0.0517. The number of hydrogen-bond donors (Lipinski definition) is 1. The van der Waals surface area contributed by atoms with E-state index < -0.39 is 10.0 Å². The normalized spacial score (nSPS) is 14.9. The fraction of sp³-hybridized carbons (Fsp3) is 0.375. The molecule has 3 aromatic rings. The van der Waals surface area contributed by atoms with Crippen molar-refractivity contribution in [3.8, 4) is 0 Å². The van der Waals surface area contributed by atoms with Crippen LogP contribution in [0.3, 0.4) is 0 Å². The Balaban J connectivity index is 1.65. The fourth-order valence-corrected chi connectivity index (χ4v) is 5.04. The molecule has 0 atom stereocenters. The van der Waals surface area contributed by atoms with Gasteiger partial charge in [-0.15, -0.1) is 11.3 Å². The highest BCUT2D eigenvalue weighted by Gasteiger charge is 2.32. The standard InChI is InChI=1S/C16H19N7O2S2/c1-10-6-17-16(26-10)21-15-12-4-5-23(7-13(12)19-11(2)20-15)27(24,25)14-8-22(3)9-18-14/h6,8-9H,4-5,7H2,1-3H3,(H,17,19,20,21). The third-order valence-corrected chi connectivity index (χ3v) is 6.83. The number of aromatic nitrogens is 5. The highest BCUT2D eigenvalue weighted by molar-refractivity contribution is 7.89. The van der Waals surface area contributed by atoms with Gasteiger partial charge in [0.1, 0.15) is 11.6 Å². The van der Waals surface area contributed by atoms with Crippen LogP contribution in [0.2, 0.25) is 0 Å². The van der Waals surface area contributed by atoms with Gasteiger partial charge >= 0.3 is 0 Å². The van der Waals surface area contributed by atoms with E-state index in [1.165, 1.54) is 16.8 Å². The molecule has 142 valence electrons. The van der Waals surface area contributed by atoms with E-state index in [1.807, 2.05) is 6.92 Å². The summed E-state index contributed by atoms with van der Waals surface area (Å²) in [5, 5.41) is 4.07. The number of sulfonamides is 1. The average molecular weight is 406 g/mol. The maximum Gasteiger partial charge on any atom is 0.262 e. The Morgan fingerprint density at radius 2 is 2.04 bits per heavy atom. The van der Waals surface area contributed by atoms with E-state index in [4.69, 9.17) is 0 Å². The lowest BCUT2D eigenvalue weighted by molar-refractivity contribution is 0.383. The summed E-state index contributed by atoms with van der Waals surface area (Å²) in [5.41, 5.74) is 1.64. The SMILES string of the molecule is Cc1nc2c(c(Nc3ncc(C)s3)n1)CCN(S(=O)(=O)c1cn(C)cn1)C2. The van der Waals surface area contributed by atoms with E-state index in [0.29, 0.717) is 30.3 Å². The van der Waals surface area contributed by atoms with Crippen LogP contribution in [0.5, 0.6) is 0 Å².